The molecule has 3 aromatic heterocycles. The minimum Gasteiger partial charge on any atom is -0.376 e. The summed E-state index contributed by atoms with van der Waals surface area (Å²) in [6.07, 6.45) is 5.57. The van der Waals surface area contributed by atoms with E-state index in [-0.39, 0.29) is 18.6 Å². The van der Waals surface area contributed by atoms with Gasteiger partial charge in [-0.15, -0.1) is 5.10 Å². The Balaban J connectivity index is 1.47. The maximum atomic E-state index is 12.1. The average molecular weight is 367 g/mol. The second-order valence-corrected chi connectivity index (χ2v) is 6.46. The summed E-state index contributed by atoms with van der Waals surface area (Å²) in [7, 11) is 0. The summed E-state index contributed by atoms with van der Waals surface area (Å²) in [6, 6.07) is 5.56. The Morgan fingerprint density at radius 2 is 2.33 bits per heavy atom. The number of carbonyl (C=O) groups excluding carboxylic acids is 1. The van der Waals surface area contributed by atoms with Crippen LogP contribution in [0.4, 0.5) is 5.82 Å². The predicted octanol–water partition coefficient (Wildman–Crippen LogP) is 1.20. The topological polar surface area (TPSA) is 106 Å². The van der Waals surface area contributed by atoms with Crippen LogP contribution >= 0.6 is 0 Å². The Morgan fingerprint density at radius 3 is 3.11 bits per heavy atom. The molecule has 0 bridgehead atoms. The third-order valence-electron chi connectivity index (χ3n) is 4.34. The van der Waals surface area contributed by atoms with Crippen molar-refractivity contribution >= 4 is 17.5 Å². The number of aryl methyl sites for hydroxylation is 1. The molecule has 9 nitrogen and oxygen atoms in total. The first-order valence-electron chi connectivity index (χ1n) is 8.96. The van der Waals surface area contributed by atoms with Crippen molar-refractivity contribution in [2.45, 2.75) is 25.9 Å². The van der Waals surface area contributed by atoms with Gasteiger partial charge in [0, 0.05) is 42.9 Å². The smallest absolute Gasteiger partial charge is 0.254 e. The predicted molar refractivity (Wildman–Crippen MR) is 99.2 cm³/mol. The van der Waals surface area contributed by atoms with Gasteiger partial charge in [0.1, 0.15) is 5.82 Å². The van der Waals surface area contributed by atoms with Crippen molar-refractivity contribution in [3.63, 3.8) is 0 Å². The number of pyridine rings is 1. The monoisotopic (exact) mass is 367 g/mol. The van der Waals surface area contributed by atoms with Crippen LogP contribution in [0.15, 0.2) is 30.6 Å². The Morgan fingerprint density at radius 1 is 1.41 bits per heavy atom. The van der Waals surface area contributed by atoms with Crippen LogP contribution in [0.5, 0.6) is 0 Å². The summed E-state index contributed by atoms with van der Waals surface area (Å²) in [5.41, 5.74) is 1.59. The SMILES string of the molecule is Cc1cc(NCC(=O)NCC2CCCO2)n2nc(-c3cccnc3)nc2n1. The van der Waals surface area contributed by atoms with Gasteiger partial charge in [-0.05, 0) is 31.9 Å². The summed E-state index contributed by atoms with van der Waals surface area (Å²) < 4.78 is 7.11. The normalized spacial score (nSPS) is 16.6. The molecule has 3 aromatic rings. The minimum atomic E-state index is -0.0966. The van der Waals surface area contributed by atoms with Crippen LogP contribution in [-0.4, -0.2) is 56.3 Å². The molecule has 0 spiro atoms. The number of aromatic nitrogens is 5. The maximum absolute atomic E-state index is 12.1. The molecule has 4 heterocycles. The van der Waals surface area contributed by atoms with Crippen LogP contribution in [0.2, 0.25) is 0 Å². The van der Waals surface area contributed by atoms with E-state index in [0.717, 1.165) is 30.7 Å². The third kappa shape index (κ3) is 4.03. The van der Waals surface area contributed by atoms with Gasteiger partial charge in [-0.3, -0.25) is 9.78 Å². The lowest BCUT2D eigenvalue weighted by atomic mass is 10.2. The van der Waals surface area contributed by atoms with Crippen molar-refractivity contribution in [2.24, 2.45) is 0 Å². The average Bonchev–Trinajstić information content (AvgIpc) is 3.34. The number of nitrogens with one attached hydrogen (secondary N) is 2. The number of hydrogen-bond acceptors (Lipinski definition) is 7. The molecule has 1 fully saturated rings. The zero-order valence-corrected chi connectivity index (χ0v) is 15.1. The number of nitrogens with zero attached hydrogens (tertiary/aromatic N) is 5. The standard InChI is InChI=1S/C18H21N7O2/c1-12-8-15(20-11-16(26)21-10-14-5-3-7-27-14)25-18(22-12)23-17(24-25)13-4-2-6-19-9-13/h2,4,6,8-9,14,20H,3,5,7,10-11H2,1H3,(H,21,26). The van der Waals surface area contributed by atoms with Crippen LogP contribution in [0.1, 0.15) is 18.5 Å². The quantitative estimate of drug-likeness (QED) is 0.674. The van der Waals surface area contributed by atoms with Gasteiger partial charge in [0.2, 0.25) is 5.91 Å². The molecule has 0 aromatic carbocycles. The van der Waals surface area contributed by atoms with Crippen molar-refractivity contribution in [2.75, 3.05) is 25.0 Å². The number of rotatable bonds is 6. The molecule has 1 aliphatic rings. The van der Waals surface area contributed by atoms with Crippen molar-refractivity contribution in [3.8, 4) is 11.4 Å². The molecular weight excluding hydrogens is 346 g/mol. The number of ether oxygens (including phenoxy) is 1. The molecule has 9 heteroatoms. The van der Waals surface area contributed by atoms with E-state index < -0.39 is 0 Å². The van der Waals surface area contributed by atoms with Crippen molar-refractivity contribution in [3.05, 3.63) is 36.3 Å². The molecule has 4 rings (SSSR count). The highest BCUT2D eigenvalue weighted by molar-refractivity contribution is 5.80. The van der Waals surface area contributed by atoms with E-state index in [9.17, 15) is 4.79 Å². The van der Waals surface area contributed by atoms with Crippen molar-refractivity contribution in [1.82, 2.24) is 29.9 Å². The molecule has 0 saturated carbocycles. The Bertz CT molecular complexity index is 936. The zero-order chi connectivity index (χ0) is 18.6. The molecule has 1 amide bonds. The van der Waals surface area contributed by atoms with Gasteiger partial charge in [-0.2, -0.15) is 9.50 Å². The first-order chi connectivity index (χ1) is 13.2. The highest BCUT2D eigenvalue weighted by Crippen LogP contribution is 2.17. The van der Waals surface area contributed by atoms with E-state index in [1.807, 2.05) is 25.1 Å². The van der Waals surface area contributed by atoms with E-state index in [4.69, 9.17) is 4.74 Å². The van der Waals surface area contributed by atoms with E-state index in [1.54, 1.807) is 16.9 Å². The lowest BCUT2D eigenvalue weighted by molar-refractivity contribution is -0.119. The van der Waals surface area contributed by atoms with Gasteiger partial charge in [-0.25, -0.2) is 4.98 Å². The first-order valence-corrected chi connectivity index (χ1v) is 8.96. The number of carbonyl (C=O) groups is 1. The summed E-state index contributed by atoms with van der Waals surface area (Å²) in [5, 5.41) is 10.5. The number of amides is 1. The number of fused-ring (bicyclic) bond motifs is 1. The van der Waals surface area contributed by atoms with Crippen molar-refractivity contribution in [1.29, 1.82) is 0 Å². The fraction of sp³-hybridized carbons (Fsp3) is 0.389. The number of anilines is 1. The summed E-state index contributed by atoms with van der Waals surface area (Å²) in [5.74, 6) is 1.57. The fourth-order valence-electron chi connectivity index (χ4n) is 3.00. The van der Waals surface area contributed by atoms with E-state index >= 15 is 0 Å². The second-order valence-electron chi connectivity index (χ2n) is 6.46. The van der Waals surface area contributed by atoms with E-state index in [0.29, 0.717) is 24.0 Å². The molecule has 2 N–H and O–H groups in total. The molecular formula is C18H21N7O2. The Labute approximate surface area is 156 Å². The van der Waals surface area contributed by atoms with Crippen LogP contribution in [0.25, 0.3) is 17.2 Å². The van der Waals surface area contributed by atoms with Crippen LogP contribution in [0.3, 0.4) is 0 Å². The summed E-state index contributed by atoms with van der Waals surface area (Å²) >= 11 is 0. The van der Waals surface area contributed by atoms with Crippen LogP contribution in [0, 0.1) is 6.92 Å². The van der Waals surface area contributed by atoms with Gasteiger partial charge in [0.05, 0.1) is 12.6 Å². The maximum Gasteiger partial charge on any atom is 0.254 e. The molecule has 0 radical (unpaired) electrons. The highest BCUT2D eigenvalue weighted by Gasteiger charge is 2.16. The van der Waals surface area contributed by atoms with E-state index in [1.165, 1.54) is 0 Å². The molecule has 1 aliphatic heterocycles. The minimum absolute atomic E-state index is 0.0966. The number of hydrogen-bond donors (Lipinski definition) is 2. The molecule has 27 heavy (non-hydrogen) atoms. The van der Waals surface area contributed by atoms with E-state index in [2.05, 4.69) is 30.7 Å². The zero-order valence-electron chi connectivity index (χ0n) is 15.1. The fourth-order valence-corrected chi connectivity index (χ4v) is 3.00. The molecule has 140 valence electrons. The first kappa shape index (κ1) is 17.3. The lowest BCUT2D eigenvalue weighted by Crippen LogP contribution is -2.35. The van der Waals surface area contributed by atoms with Crippen LogP contribution < -0.4 is 10.6 Å². The Kier molecular flexibility index (Phi) is 4.93. The summed E-state index contributed by atoms with van der Waals surface area (Å²) in [4.78, 5) is 25.1. The highest BCUT2D eigenvalue weighted by atomic mass is 16.5. The van der Waals surface area contributed by atoms with Crippen LogP contribution in [-0.2, 0) is 9.53 Å². The Hall–Kier alpha value is -3.07. The molecule has 1 atom stereocenters. The molecule has 0 aliphatic carbocycles. The van der Waals surface area contributed by atoms with Gasteiger partial charge >= 0.3 is 0 Å². The van der Waals surface area contributed by atoms with Gasteiger partial charge in [0.15, 0.2) is 5.82 Å². The third-order valence-corrected chi connectivity index (χ3v) is 4.34. The van der Waals surface area contributed by atoms with Gasteiger partial charge in [0.25, 0.3) is 5.78 Å². The summed E-state index contributed by atoms with van der Waals surface area (Å²) in [6.45, 7) is 3.33. The largest absolute Gasteiger partial charge is 0.376 e. The van der Waals surface area contributed by atoms with Crippen molar-refractivity contribution < 1.29 is 9.53 Å². The van der Waals surface area contributed by atoms with Gasteiger partial charge < -0.3 is 15.4 Å². The molecule has 1 saturated heterocycles. The molecule has 1 unspecified atom stereocenters. The van der Waals surface area contributed by atoms with Gasteiger partial charge in [-0.1, -0.05) is 0 Å². The lowest BCUT2D eigenvalue weighted by Gasteiger charge is -2.12. The second kappa shape index (κ2) is 7.67.